The molecule has 5 aliphatic rings. The molecule has 34 heavy (non-hydrogen) atoms. The number of rotatable bonds is 6. The van der Waals surface area contributed by atoms with Crippen LogP contribution in [0.2, 0.25) is 0 Å². The van der Waals surface area contributed by atoms with Gasteiger partial charge in [0.2, 0.25) is 0 Å². The molecule has 3 saturated carbocycles. The van der Waals surface area contributed by atoms with Gasteiger partial charge >= 0.3 is 0 Å². The fraction of sp³-hybridized carbons (Fsp3) is 0.786. The van der Waals surface area contributed by atoms with Crippen molar-refractivity contribution < 1.29 is 28.9 Å². The summed E-state index contributed by atoms with van der Waals surface area (Å²) in [5, 5.41) is 11.7. The molecular weight excluding hydrogens is 432 g/mol. The van der Waals surface area contributed by atoms with Gasteiger partial charge in [0.1, 0.15) is 6.61 Å². The summed E-state index contributed by atoms with van der Waals surface area (Å²) in [4.78, 5) is 26.0. The zero-order valence-corrected chi connectivity index (χ0v) is 21.2. The third kappa shape index (κ3) is 3.28. The second-order valence-corrected chi connectivity index (χ2v) is 11.9. The number of allylic oxidation sites excluding steroid dienone is 4. The molecule has 0 amide bonds. The predicted molar refractivity (Wildman–Crippen MR) is 127 cm³/mol. The Morgan fingerprint density at radius 3 is 2.79 bits per heavy atom. The van der Waals surface area contributed by atoms with Gasteiger partial charge in [-0.2, -0.15) is 0 Å². The first-order valence-electron chi connectivity index (χ1n) is 13.2. The van der Waals surface area contributed by atoms with Gasteiger partial charge in [-0.1, -0.05) is 38.8 Å². The Hall–Kier alpha value is -1.34. The van der Waals surface area contributed by atoms with E-state index in [2.05, 4.69) is 20.8 Å². The SMILES string of the molecule is CCCC1O[C@@H]2C[C@H]3[C@@H]4CCC5=CC(=O)C=C[C@]5(C)[C@H]4[C@@H](O)C[C@]3(C)[C@]2(C(=O)COC(C)C)O1. The second-order valence-electron chi connectivity index (χ2n) is 11.9. The largest absolute Gasteiger partial charge is 0.393 e. The number of ketones is 2. The smallest absolute Gasteiger partial charge is 0.193 e. The van der Waals surface area contributed by atoms with Crippen LogP contribution in [0.1, 0.15) is 73.1 Å². The van der Waals surface area contributed by atoms with Crippen molar-refractivity contribution in [2.45, 2.75) is 103 Å². The zero-order valence-electron chi connectivity index (χ0n) is 21.2. The van der Waals surface area contributed by atoms with Crippen LogP contribution in [0.15, 0.2) is 23.8 Å². The fourth-order valence-corrected chi connectivity index (χ4v) is 8.36. The van der Waals surface area contributed by atoms with E-state index >= 15 is 0 Å². The third-order valence-electron chi connectivity index (χ3n) is 9.78. The molecule has 5 rings (SSSR count). The van der Waals surface area contributed by atoms with Gasteiger partial charge in [-0.3, -0.25) is 9.59 Å². The Morgan fingerprint density at radius 2 is 2.09 bits per heavy atom. The van der Waals surface area contributed by atoms with E-state index < -0.39 is 23.4 Å². The van der Waals surface area contributed by atoms with E-state index in [1.54, 1.807) is 12.2 Å². The summed E-state index contributed by atoms with van der Waals surface area (Å²) in [5.74, 6) is 0.424. The molecule has 4 aliphatic carbocycles. The number of fused-ring (bicyclic) bond motifs is 7. The molecule has 1 saturated heterocycles. The molecule has 1 heterocycles. The van der Waals surface area contributed by atoms with Crippen molar-refractivity contribution in [3.63, 3.8) is 0 Å². The molecule has 0 aromatic heterocycles. The number of Topliss-reactive ketones (excluding diaryl/α,β-unsaturated/α-hetero) is 1. The molecule has 188 valence electrons. The highest BCUT2D eigenvalue weighted by Crippen LogP contribution is 2.69. The third-order valence-corrected chi connectivity index (χ3v) is 9.78. The van der Waals surface area contributed by atoms with E-state index in [0.29, 0.717) is 6.42 Å². The first-order valence-corrected chi connectivity index (χ1v) is 13.2. The van der Waals surface area contributed by atoms with Crippen LogP contribution in [0.4, 0.5) is 0 Å². The summed E-state index contributed by atoms with van der Waals surface area (Å²) in [5.41, 5.74) is -0.828. The van der Waals surface area contributed by atoms with Crippen molar-refractivity contribution in [3.05, 3.63) is 23.8 Å². The van der Waals surface area contributed by atoms with Crippen LogP contribution in [0.25, 0.3) is 0 Å². The summed E-state index contributed by atoms with van der Waals surface area (Å²) < 4.78 is 18.8. The van der Waals surface area contributed by atoms with Gasteiger partial charge in [0.25, 0.3) is 0 Å². The van der Waals surface area contributed by atoms with Crippen molar-refractivity contribution in [2.75, 3.05) is 6.61 Å². The highest BCUT2D eigenvalue weighted by atomic mass is 16.7. The number of carbonyl (C=O) groups excluding carboxylic acids is 2. The quantitative estimate of drug-likeness (QED) is 0.625. The molecule has 9 atom stereocenters. The van der Waals surface area contributed by atoms with Crippen molar-refractivity contribution >= 4 is 11.6 Å². The Kier molecular flexibility index (Phi) is 5.99. The van der Waals surface area contributed by atoms with Gasteiger partial charge in [-0.15, -0.1) is 0 Å². The number of hydrogen-bond donors (Lipinski definition) is 1. The van der Waals surface area contributed by atoms with E-state index in [9.17, 15) is 14.7 Å². The normalized spacial score (nSPS) is 47.1. The molecule has 0 bridgehead atoms. The molecule has 1 unspecified atom stereocenters. The first kappa shape index (κ1) is 24.4. The Balaban J connectivity index is 1.53. The molecule has 4 fully saturated rings. The number of aliphatic hydroxyl groups excluding tert-OH is 1. The lowest BCUT2D eigenvalue weighted by atomic mass is 9.46. The monoisotopic (exact) mass is 472 g/mol. The minimum absolute atomic E-state index is 0.00166. The van der Waals surface area contributed by atoms with Crippen molar-refractivity contribution in [3.8, 4) is 0 Å². The Bertz CT molecular complexity index is 922. The maximum atomic E-state index is 13.9. The molecule has 0 aromatic carbocycles. The molecule has 0 aromatic rings. The maximum absolute atomic E-state index is 13.9. The first-order chi connectivity index (χ1) is 16.1. The van der Waals surface area contributed by atoms with Crippen molar-refractivity contribution in [1.82, 2.24) is 0 Å². The summed E-state index contributed by atoms with van der Waals surface area (Å²) >= 11 is 0. The van der Waals surface area contributed by atoms with Gasteiger partial charge in [-0.25, -0.2) is 0 Å². The lowest BCUT2D eigenvalue weighted by molar-refractivity contribution is -0.201. The minimum Gasteiger partial charge on any atom is -0.393 e. The minimum atomic E-state index is -1.09. The summed E-state index contributed by atoms with van der Waals surface area (Å²) in [7, 11) is 0. The standard InChI is InChI=1S/C28H40O6/c1-6-7-24-33-23-13-20-19-9-8-17-12-18(29)10-11-26(17,4)25(19)21(30)14-27(20,5)28(23,34-24)22(31)15-32-16(2)3/h10-12,16,19-21,23-25,30H,6-9,13-15H2,1-5H3/t19-,20-,21-,23+,24?,25+,26-,27-,28+/m0/s1. The fourth-order valence-electron chi connectivity index (χ4n) is 8.36. The molecule has 0 spiro atoms. The van der Waals surface area contributed by atoms with Crippen molar-refractivity contribution in [1.29, 1.82) is 0 Å². The van der Waals surface area contributed by atoms with Crippen LogP contribution in [0, 0.1) is 28.6 Å². The lowest BCUT2D eigenvalue weighted by Gasteiger charge is -2.59. The molecular formula is C28H40O6. The molecule has 6 nitrogen and oxygen atoms in total. The number of carbonyl (C=O) groups is 2. The van der Waals surface area contributed by atoms with E-state index in [0.717, 1.165) is 37.7 Å². The van der Waals surface area contributed by atoms with Crippen molar-refractivity contribution in [2.24, 2.45) is 28.6 Å². The Morgan fingerprint density at radius 1 is 1.32 bits per heavy atom. The zero-order chi connectivity index (χ0) is 24.5. The summed E-state index contributed by atoms with van der Waals surface area (Å²) in [6, 6.07) is 0. The van der Waals surface area contributed by atoms with Crippen LogP contribution in [-0.2, 0) is 23.8 Å². The molecule has 1 aliphatic heterocycles. The summed E-state index contributed by atoms with van der Waals surface area (Å²) in [6.45, 7) is 10.3. The van der Waals surface area contributed by atoms with E-state index in [-0.39, 0.29) is 53.6 Å². The van der Waals surface area contributed by atoms with Gasteiger partial charge < -0.3 is 19.3 Å². The van der Waals surface area contributed by atoms with E-state index in [1.807, 2.05) is 19.9 Å². The van der Waals surface area contributed by atoms with E-state index in [1.165, 1.54) is 0 Å². The van der Waals surface area contributed by atoms with Crippen LogP contribution in [-0.4, -0.2) is 53.5 Å². The van der Waals surface area contributed by atoms with Crippen LogP contribution < -0.4 is 0 Å². The maximum Gasteiger partial charge on any atom is 0.193 e. The number of ether oxygens (including phenoxy) is 3. The predicted octanol–water partition coefficient (Wildman–Crippen LogP) is 4.15. The van der Waals surface area contributed by atoms with Crippen LogP contribution in [0.3, 0.4) is 0 Å². The van der Waals surface area contributed by atoms with Crippen LogP contribution >= 0.6 is 0 Å². The Labute approximate surface area is 203 Å². The molecule has 6 heteroatoms. The van der Waals surface area contributed by atoms with E-state index in [4.69, 9.17) is 14.2 Å². The topological polar surface area (TPSA) is 82.1 Å². The van der Waals surface area contributed by atoms with Gasteiger partial charge in [0, 0.05) is 16.7 Å². The molecule has 1 N–H and O–H groups in total. The average molecular weight is 473 g/mol. The average Bonchev–Trinajstić information content (AvgIpc) is 3.25. The number of hydrogen-bond acceptors (Lipinski definition) is 6. The lowest BCUT2D eigenvalue weighted by Crippen LogP contribution is -2.63. The summed E-state index contributed by atoms with van der Waals surface area (Å²) in [6.07, 6.45) is 8.74. The van der Waals surface area contributed by atoms with Gasteiger partial charge in [-0.05, 0) is 69.9 Å². The highest BCUT2D eigenvalue weighted by Gasteiger charge is 2.75. The number of aliphatic hydroxyl groups is 1. The second kappa shape index (κ2) is 8.36. The van der Waals surface area contributed by atoms with Crippen LogP contribution in [0.5, 0.6) is 0 Å². The van der Waals surface area contributed by atoms with Gasteiger partial charge in [0.15, 0.2) is 23.5 Å². The molecule has 0 radical (unpaired) electrons. The van der Waals surface area contributed by atoms with Gasteiger partial charge in [0.05, 0.1) is 18.3 Å². The highest BCUT2D eigenvalue weighted by molar-refractivity contribution is 6.01.